The van der Waals surface area contributed by atoms with Crippen LogP contribution in [0, 0.1) is 0 Å². The minimum absolute atomic E-state index is 0.202. The maximum absolute atomic E-state index is 12.2. The topological polar surface area (TPSA) is 94.6 Å². The summed E-state index contributed by atoms with van der Waals surface area (Å²) in [6, 6.07) is 9.59. The van der Waals surface area contributed by atoms with Crippen molar-refractivity contribution < 1.29 is 18.7 Å². The summed E-state index contributed by atoms with van der Waals surface area (Å²) in [4.78, 5) is 24.3. The number of carbonyl (C=O) groups excluding carboxylic acids is 2. The van der Waals surface area contributed by atoms with Gasteiger partial charge in [-0.3, -0.25) is 4.79 Å². The standard InChI is InChI=1S/C16H18N2O4/c1-2-21-16(20)14(11-6-4-3-5-7-11)18-15(19)12-8-13(9-17)22-10-12/h3-8,10,14H,2,9,17H2,1H3,(H,18,19)/t14-/m1/s1. The molecule has 2 rings (SSSR count). The van der Waals surface area contributed by atoms with Gasteiger partial charge in [0.25, 0.3) is 5.91 Å². The van der Waals surface area contributed by atoms with E-state index in [2.05, 4.69) is 5.32 Å². The van der Waals surface area contributed by atoms with Gasteiger partial charge in [0.2, 0.25) is 0 Å². The van der Waals surface area contributed by atoms with Crippen molar-refractivity contribution in [2.75, 3.05) is 6.61 Å². The average molecular weight is 302 g/mol. The molecule has 0 aliphatic rings. The van der Waals surface area contributed by atoms with E-state index in [1.165, 1.54) is 6.26 Å². The first-order valence-corrected chi connectivity index (χ1v) is 6.95. The Morgan fingerprint density at radius 3 is 2.64 bits per heavy atom. The number of furan rings is 1. The Morgan fingerprint density at radius 2 is 2.05 bits per heavy atom. The Bertz CT molecular complexity index is 637. The lowest BCUT2D eigenvalue weighted by atomic mass is 10.1. The van der Waals surface area contributed by atoms with Gasteiger partial charge in [0, 0.05) is 0 Å². The average Bonchev–Trinajstić information content (AvgIpc) is 3.02. The van der Waals surface area contributed by atoms with Crippen molar-refractivity contribution >= 4 is 11.9 Å². The Labute approximate surface area is 128 Å². The van der Waals surface area contributed by atoms with Gasteiger partial charge in [0.1, 0.15) is 12.0 Å². The monoisotopic (exact) mass is 302 g/mol. The third-order valence-electron chi connectivity index (χ3n) is 3.05. The molecule has 6 nitrogen and oxygen atoms in total. The number of hydrogen-bond acceptors (Lipinski definition) is 5. The molecule has 22 heavy (non-hydrogen) atoms. The lowest BCUT2D eigenvalue weighted by Crippen LogP contribution is -2.34. The third-order valence-corrected chi connectivity index (χ3v) is 3.05. The highest BCUT2D eigenvalue weighted by Gasteiger charge is 2.25. The number of carbonyl (C=O) groups is 2. The minimum atomic E-state index is -0.870. The summed E-state index contributed by atoms with van der Waals surface area (Å²) < 4.78 is 10.2. The smallest absolute Gasteiger partial charge is 0.333 e. The number of amides is 1. The zero-order chi connectivity index (χ0) is 15.9. The molecule has 3 N–H and O–H groups in total. The van der Waals surface area contributed by atoms with Gasteiger partial charge in [-0.1, -0.05) is 30.3 Å². The van der Waals surface area contributed by atoms with Crippen LogP contribution in [0.15, 0.2) is 47.1 Å². The number of nitrogens with two attached hydrogens (primary N) is 1. The van der Waals surface area contributed by atoms with Crippen LogP contribution in [-0.2, 0) is 16.1 Å². The summed E-state index contributed by atoms with van der Waals surface area (Å²) in [6.45, 7) is 2.15. The molecule has 0 aliphatic carbocycles. The molecule has 0 saturated heterocycles. The summed E-state index contributed by atoms with van der Waals surface area (Å²) in [5.74, 6) is -0.438. The summed E-state index contributed by atoms with van der Waals surface area (Å²) in [6.07, 6.45) is 1.31. The van der Waals surface area contributed by atoms with Gasteiger partial charge in [-0.05, 0) is 18.6 Å². The molecule has 2 aromatic rings. The van der Waals surface area contributed by atoms with Gasteiger partial charge >= 0.3 is 5.97 Å². The first-order chi connectivity index (χ1) is 10.7. The van der Waals surface area contributed by atoms with Gasteiger partial charge < -0.3 is 20.2 Å². The number of hydrogen-bond donors (Lipinski definition) is 2. The number of rotatable bonds is 6. The highest BCUT2D eigenvalue weighted by atomic mass is 16.5. The summed E-state index contributed by atoms with van der Waals surface area (Å²) >= 11 is 0. The van der Waals surface area contributed by atoms with Crippen LogP contribution >= 0.6 is 0 Å². The van der Waals surface area contributed by atoms with Crippen molar-refractivity contribution in [2.45, 2.75) is 19.5 Å². The van der Waals surface area contributed by atoms with E-state index in [1.807, 2.05) is 6.07 Å². The van der Waals surface area contributed by atoms with E-state index in [9.17, 15) is 9.59 Å². The number of ether oxygens (including phenoxy) is 1. The highest BCUT2D eigenvalue weighted by Crippen LogP contribution is 2.16. The quantitative estimate of drug-likeness (QED) is 0.793. The summed E-state index contributed by atoms with van der Waals surface area (Å²) in [7, 11) is 0. The molecule has 1 aromatic carbocycles. The molecule has 0 saturated carbocycles. The van der Waals surface area contributed by atoms with Crippen LogP contribution in [0.5, 0.6) is 0 Å². The molecule has 1 atom stereocenters. The van der Waals surface area contributed by atoms with Crippen LogP contribution in [0.3, 0.4) is 0 Å². The van der Waals surface area contributed by atoms with Crippen molar-refractivity contribution in [1.82, 2.24) is 5.32 Å². The molecule has 0 fully saturated rings. The predicted octanol–water partition coefficient (Wildman–Crippen LogP) is 1.77. The normalized spacial score (nSPS) is 11.7. The summed E-state index contributed by atoms with van der Waals surface area (Å²) in [5, 5.41) is 2.66. The van der Waals surface area contributed by atoms with Crippen molar-refractivity contribution in [1.29, 1.82) is 0 Å². The van der Waals surface area contributed by atoms with E-state index >= 15 is 0 Å². The lowest BCUT2D eigenvalue weighted by molar-refractivity contribution is -0.145. The van der Waals surface area contributed by atoms with E-state index in [0.717, 1.165) is 0 Å². The van der Waals surface area contributed by atoms with Crippen molar-refractivity contribution in [3.63, 3.8) is 0 Å². The highest BCUT2D eigenvalue weighted by molar-refractivity contribution is 5.96. The molecule has 6 heteroatoms. The molecule has 1 amide bonds. The zero-order valence-electron chi connectivity index (χ0n) is 12.2. The van der Waals surface area contributed by atoms with E-state index in [0.29, 0.717) is 16.9 Å². The van der Waals surface area contributed by atoms with Crippen LogP contribution in [0.25, 0.3) is 0 Å². The molecule has 0 aliphatic heterocycles. The van der Waals surface area contributed by atoms with E-state index in [1.54, 1.807) is 37.3 Å². The van der Waals surface area contributed by atoms with Crippen molar-refractivity contribution in [3.05, 3.63) is 59.5 Å². The summed E-state index contributed by atoms with van der Waals surface area (Å²) in [5.41, 5.74) is 6.40. The molecule has 1 aromatic heterocycles. The fourth-order valence-electron chi connectivity index (χ4n) is 1.97. The predicted molar refractivity (Wildman–Crippen MR) is 79.9 cm³/mol. The molecule has 0 radical (unpaired) electrons. The number of esters is 1. The molecule has 0 spiro atoms. The first kappa shape index (κ1) is 15.8. The van der Waals surface area contributed by atoms with E-state index < -0.39 is 17.9 Å². The Hall–Kier alpha value is -2.60. The Kier molecular flexibility index (Phi) is 5.32. The maximum Gasteiger partial charge on any atom is 0.333 e. The van der Waals surface area contributed by atoms with Gasteiger partial charge in [0.05, 0.1) is 18.7 Å². The second-order valence-electron chi connectivity index (χ2n) is 4.58. The largest absolute Gasteiger partial charge is 0.467 e. The van der Waals surface area contributed by atoms with Gasteiger partial charge in [-0.25, -0.2) is 4.79 Å². The molecular formula is C16H18N2O4. The Morgan fingerprint density at radius 1 is 1.32 bits per heavy atom. The SMILES string of the molecule is CCOC(=O)[C@H](NC(=O)c1coc(CN)c1)c1ccccc1. The van der Waals surface area contributed by atoms with Gasteiger partial charge in [0.15, 0.2) is 6.04 Å². The fraction of sp³-hybridized carbons (Fsp3) is 0.250. The number of nitrogens with one attached hydrogen (secondary N) is 1. The molecule has 0 unspecified atom stereocenters. The van der Waals surface area contributed by atoms with Crippen molar-refractivity contribution in [3.8, 4) is 0 Å². The zero-order valence-corrected chi connectivity index (χ0v) is 12.2. The lowest BCUT2D eigenvalue weighted by Gasteiger charge is -2.17. The molecule has 0 bridgehead atoms. The van der Waals surface area contributed by atoms with Crippen LogP contribution < -0.4 is 11.1 Å². The third kappa shape index (κ3) is 3.73. The second-order valence-corrected chi connectivity index (χ2v) is 4.58. The number of benzene rings is 1. The van der Waals surface area contributed by atoms with E-state index in [-0.39, 0.29) is 13.2 Å². The van der Waals surface area contributed by atoms with Gasteiger partial charge in [-0.15, -0.1) is 0 Å². The molecule has 1 heterocycles. The van der Waals surface area contributed by atoms with Crippen LogP contribution in [0.2, 0.25) is 0 Å². The van der Waals surface area contributed by atoms with Crippen molar-refractivity contribution in [2.24, 2.45) is 5.73 Å². The minimum Gasteiger partial charge on any atom is -0.467 e. The fourth-order valence-corrected chi connectivity index (χ4v) is 1.97. The molecule has 116 valence electrons. The second kappa shape index (κ2) is 7.42. The van der Waals surface area contributed by atoms with Gasteiger partial charge in [-0.2, -0.15) is 0 Å². The van der Waals surface area contributed by atoms with Crippen LogP contribution in [0.1, 0.15) is 34.6 Å². The first-order valence-electron chi connectivity index (χ1n) is 6.95. The maximum atomic E-state index is 12.2. The van der Waals surface area contributed by atoms with Crippen LogP contribution in [-0.4, -0.2) is 18.5 Å². The van der Waals surface area contributed by atoms with E-state index in [4.69, 9.17) is 14.9 Å². The molecular weight excluding hydrogens is 284 g/mol. The Balaban J connectivity index is 2.19. The van der Waals surface area contributed by atoms with Crippen LogP contribution in [0.4, 0.5) is 0 Å².